The Morgan fingerprint density at radius 1 is 0.290 bits per heavy atom. The van der Waals surface area contributed by atoms with Crippen LogP contribution in [0.4, 0.5) is 0 Å². The molecule has 170 valence electrons. The predicted molar refractivity (Wildman–Crippen MR) is 131 cm³/mol. The summed E-state index contributed by atoms with van der Waals surface area (Å²) in [4.78, 5) is 25.0. The molecule has 31 heavy (non-hydrogen) atoms. The highest BCUT2D eigenvalue weighted by Crippen LogP contribution is 1.81. The maximum absolute atomic E-state index is 8.35. The average molecular weight is 428 g/mol. The van der Waals surface area contributed by atoms with E-state index in [1.807, 2.05) is 109 Å². The van der Waals surface area contributed by atoms with Crippen molar-refractivity contribution in [2.24, 2.45) is 0 Å². The number of benzene rings is 3. The smallest absolute Gasteiger partial charge is 0.222 e. The molecule has 3 rings (SSSR count). The fourth-order valence-electron chi connectivity index (χ4n) is 1.15. The summed E-state index contributed by atoms with van der Waals surface area (Å²) >= 11 is 0. The van der Waals surface area contributed by atoms with Crippen molar-refractivity contribution in [1.82, 2.24) is 0 Å². The van der Waals surface area contributed by atoms with E-state index in [1.54, 1.807) is 0 Å². The van der Waals surface area contributed by atoms with Crippen molar-refractivity contribution >= 4 is 18.2 Å². The van der Waals surface area contributed by atoms with Crippen molar-refractivity contribution in [3.63, 3.8) is 0 Å². The molecule has 0 aromatic heterocycles. The van der Waals surface area contributed by atoms with Crippen LogP contribution in [0.5, 0.6) is 0 Å². The van der Waals surface area contributed by atoms with E-state index in [2.05, 4.69) is 0 Å². The predicted octanol–water partition coefficient (Wildman–Crippen LogP) is 7.31. The largest absolute Gasteiger partial charge is 0.231 e. The first kappa shape index (κ1) is 45.5. The Morgan fingerprint density at radius 2 is 0.323 bits per heavy atom. The fourth-order valence-corrected chi connectivity index (χ4v) is 1.15. The summed E-state index contributed by atoms with van der Waals surface area (Å²) < 4.78 is 0. The van der Waals surface area contributed by atoms with Gasteiger partial charge in [0.2, 0.25) is 18.2 Å². The van der Waals surface area contributed by atoms with Gasteiger partial charge >= 0.3 is 0 Å². The van der Waals surface area contributed by atoms with E-state index in [1.165, 1.54) is 0 Å². The molecule has 0 fully saturated rings. The summed E-state index contributed by atoms with van der Waals surface area (Å²) in [6.45, 7) is 0. The molecule has 0 heterocycles. The lowest BCUT2D eigenvalue weighted by Crippen LogP contribution is -1.47. The van der Waals surface area contributed by atoms with E-state index in [-0.39, 0.29) is 29.7 Å². The molecule has 0 amide bonds. The molecule has 0 bridgehead atoms. The minimum atomic E-state index is 0. The summed E-state index contributed by atoms with van der Waals surface area (Å²) in [5.41, 5.74) is 0. The Labute approximate surface area is 188 Å². The van der Waals surface area contributed by atoms with Crippen LogP contribution < -0.4 is 0 Å². The standard InChI is InChI=1S/3C6H6.3CHNO.4CH4/c3*1-2-4-6-5-3-1;3*2-1-3;;;;/h3*1-6H;3*2H;4*1H4. The third-order valence-electron chi connectivity index (χ3n) is 2.00. The van der Waals surface area contributed by atoms with Gasteiger partial charge in [-0.2, -0.15) is 0 Å². The molecule has 0 atom stereocenters. The van der Waals surface area contributed by atoms with E-state index in [4.69, 9.17) is 30.6 Å². The van der Waals surface area contributed by atoms with Gasteiger partial charge in [-0.05, 0) is 0 Å². The van der Waals surface area contributed by atoms with E-state index in [9.17, 15) is 0 Å². The van der Waals surface area contributed by atoms with Crippen molar-refractivity contribution in [2.45, 2.75) is 29.7 Å². The third-order valence-corrected chi connectivity index (χ3v) is 2.00. The molecule has 0 aliphatic carbocycles. The zero-order chi connectivity index (χ0) is 20.8. The van der Waals surface area contributed by atoms with Crippen LogP contribution in [-0.2, 0) is 14.4 Å². The third kappa shape index (κ3) is 76.7. The SMILES string of the molecule is C.C.C.C.N=C=O.N=C=O.N=C=O.c1ccccc1.c1ccccc1.c1ccccc1. The van der Waals surface area contributed by atoms with Crippen molar-refractivity contribution < 1.29 is 14.4 Å². The maximum Gasteiger partial charge on any atom is 0.231 e. The van der Waals surface area contributed by atoms with E-state index < -0.39 is 0 Å². The van der Waals surface area contributed by atoms with Gasteiger partial charge in [0.1, 0.15) is 0 Å². The highest BCUT2D eigenvalue weighted by atomic mass is 16.1. The number of isocyanates is 3. The first-order chi connectivity index (χ1) is 13.2. The lowest BCUT2D eigenvalue weighted by atomic mass is 10.4. The van der Waals surface area contributed by atoms with E-state index in [0.717, 1.165) is 18.2 Å². The minimum absolute atomic E-state index is 0. The zero-order valence-corrected chi connectivity index (χ0v) is 14.6. The molecule has 6 heteroatoms. The van der Waals surface area contributed by atoms with Crippen LogP contribution in [0, 0.1) is 16.2 Å². The second kappa shape index (κ2) is 56.2. The van der Waals surface area contributed by atoms with Gasteiger partial charge in [-0.1, -0.05) is 139 Å². The number of hydrogen-bond acceptors (Lipinski definition) is 6. The molecule has 0 aliphatic heterocycles. The van der Waals surface area contributed by atoms with Gasteiger partial charge < -0.3 is 0 Å². The summed E-state index contributed by atoms with van der Waals surface area (Å²) in [7, 11) is 0. The molecule has 0 spiro atoms. The average Bonchev–Trinajstić information content (AvgIpc) is 2.75. The monoisotopic (exact) mass is 427 g/mol. The molecule has 3 aromatic carbocycles. The van der Waals surface area contributed by atoms with Crippen molar-refractivity contribution in [3.8, 4) is 0 Å². The number of nitrogens with one attached hydrogen (secondary N) is 3. The van der Waals surface area contributed by atoms with Gasteiger partial charge in [0.15, 0.2) is 0 Å². The molecule has 3 N–H and O–H groups in total. The second-order valence-corrected chi connectivity index (χ2v) is 3.77. The van der Waals surface area contributed by atoms with Crippen LogP contribution in [0.25, 0.3) is 0 Å². The van der Waals surface area contributed by atoms with Crippen LogP contribution >= 0.6 is 0 Å². The molecule has 0 saturated carbocycles. The zero-order valence-electron chi connectivity index (χ0n) is 14.6. The van der Waals surface area contributed by atoms with Crippen molar-refractivity contribution in [2.75, 3.05) is 0 Å². The lowest BCUT2D eigenvalue weighted by molar-refractivity contribution is 0.562. The number of rotatable bonds is 0. The first-order valence-electron chi connectivity index (χ1n) is 7.36. The number of carbonyl (C=O) groups excluding carboxylic acids is 3. The Hall–Kier alpha value is -4.20. The first-order valence-corrected chi connectivity index (χ1v) is 7.36. The van der Waals surface area contributed by atoms with Crippen molar-refractivity contribution in [3.05, 3.63) is 109 Å². The highest BCUT2D eigenvalue weighted by molar-refractivity contribution is 5.26. The molecule has 0 saturated heterocycles. The number of hydrogen-bond donors (Lipinski definition) is 3. The molecular formula is C25H37N3O3. The Balaban J connectivity index is -0.0000000448. The van der Waals surface area contributed by atoms with Gasteiger partial charge in [0, 0.05) is 0 Å². The van der Waals surface area contributed by atoms with Crippen LogP contribution in [0.1, 0.15) is 29.7 Å². The molecule has 0 radical (unpaired) electrons. The van der Waals surface area contributed by atoms with E-state index >= 15 is 0 Å². The van der Waals surface area contributed by atoms with Crippen LogP contribution in [0.2, 0.25) is 0 Å². The normalized spacial score (nSPS) is 5.42. The Kier molecular flexibility index (Phi) is 82.5. The summed E-state index contributed by atoms with van der Waals surface area (Å²) in [5.74, 6) is 0. The van der Waals surface area contributed by atoms with Gasteiger partial charge in [-0.25, -0.2) is 30.6 Å². The minimum Gasteiger partial charge on any atom is -0.222 e. The Bertz CT molecular complexity index is 521. The maximum atomic E-state index is 8.35. The summed E-state index contributed by atoms with van der Waals surface area (Å²) in [6, 6.07) is 36.0. The molecule has 0 aliphatic rings. The van der Waals surface area contributed by atoms with Gasteiger partial charge in [0.25, 0.3) is 0 Å². The molecule has 6 nitrogen and oxygen atoms in total. The second-order valence-electron chi connectivity index (χ2n) is 3.77. The van der Waals surface area contributed by atoms with Gasteiger partial charge in [-0.15, -0.1) is 0 Å². The summed E-state index contributed by atoms with van der Waals surface area (Å²) in [5, 5.41) is 16.2. The van der Waals surface area contributed by atoms with Gasteiger partial charge in [-0.3, -0.25) is 0 Å². The van der Waals surface area contributed by atoms with Gasteiger partial charge in [0.05, 0.1) is 0 Å². The van der Waals surface area contributed by atoms with Crippen LogP contribution in [0.15, 0.2) is 109 Å². The molecule has 0 unspecified atom stereocenters. The Morgan fingerprint density at radius 3 is 0.355 bits per heavy atom. The van der Waals surface area contributed by atoms with Crippen LogP contribution in [0.3, 0.4) is 0 Å². The topological polar surface area (TPSA) is 123 Å². The van der Waals surface area contributed by atoms with E-state index in [0.29, 0.717) is 0 Å². The summed E-state index contributed by atoms with van der Waals surface area (Å²) in [6.07, 6.45) is 2.25. The molecule has 3 aromatic rings. The van der Waals surface area contributed by atoms with Crippen molar-refractivity contribution in [1.29, 1.82) is 16.2 Å². The quantitative estimate of drug-likeness (QED) is 0.257. The lowest BCUT2D eigenvalue weighted by Gasteiger charge is -1.69. The molecular weight excluding hydrogens is 390 g/mol. The fraction of sp³-hybridized carbons (Fsp3) is 0.160. The van der Waals surface area contributed by atoms with Crippen LogP contribution in [-0.4, -0.2) is 18.2 Å². The highest BCUT2D eigenvalue weighted by Gasteiger charge is 1.59.